The van der Waals surface area contributed by atoms with Crippen LogP contribution in [0.4, 0.5) is 5.69 Å². The number of benzene rings is 1. The van der Waals surface area contributed by atoms with Crippen molar-refractivity contribution in [3.05, 3.63) is 29.8 Å². The maximum Gasteiger partial charge on any atom is 0.176 e. The molecule has 0 bridgehead atoms. The first-order chi connectivity index (χ1) is 8.66. The molecule has 18 heavy (non-hydrogen) atoms. The molecule has 1 aliphatic rings. The van der Waals surface area contributed by atoms with Gasteiger partial charge in [0.2, 0.25) is 0 Å². The molecule has 98 valence electrons. The lowest BCUT2D eigenvalue weighted by Crippen LogP contribution is -2.39. The molecule has 0 aliphatic carbocycles. The summed E-state index contributed by atoms with van der Waals surface area (Å²) in [5, 5.41) is 0. The third-order valence-electron chi connectivity index (χ3n) is 3.18. The van der Waals surface area contributed by atoms with E-state index in [9.17, 15) is 4.79 Å². The molecule has 0 N–H and O–H groups in total. The van der Waals surface area contributed by atoms with E-state index in [2.05, 4.69) is 4.90 Å². The molecule has 2 rings (SSSR count). The smallest absolute Gasteiger partial charge is 0.176 e. The average Bonchev–Trinajstić information content (AvgIpc) is 2.40. The molecule has 4 nitrogen and oxygen atoms in total. The van der Waals surface area contributed by atoms with Crippen molar-refractivity contribution in [3.63, 3.8) is 0 Å². The Hall–Kier alpha value is -1.39. The molecule has 0 saturated carbocycles. The summed E-state index contributed by atoms with van der Waals surface area (Å²) in [6, 6.07) is 7.76. The number of anilines is 1. The molecule has 1 aromatic carbocycles. The number of carbonyl (C=O) groups is 1. The molecule has 0 aromatic heterocycles. The second-order valence-corrected chi connectivity index (χ2v) is 4.75. The Morgan fingerprint density at radius 3 is 2.39 bits per heavy atom. The highest BCUT2D eigenvalue weighted by molar-refractivity contribution is 5.97. The van der Waals surface area contributed by atoms with Crippen molar-refractivity contribution in [2.75, 3.05) is 51.8 Å². The molecular weight excluding hydrogens is 228 g/mol. The van der Waals surface area contributed by atoms with E-state index in [-0.39, 0.29) is 5.78 Å². The Bertz CT molecular complexity index is 395. The molecule has 1 aliphatic heterocycles. The number of hydrogen-bond acceptors (Lipinski definition) is 4. The van der Waals surface area contributed by atoms with E-state index in [1.807, 2.05) is 43.3 Å². The minimum atomic E-state index is 0.183. The summed E-state index contributed by atoms with van der Waals surface area (Å²) in [7, 11) is 3.98. The monoisotopic (exact) mass is 248 g/mol. The van der Waals surface area contributed by atoms with E-state index in [1.54, 1.807) is 0 Å². The van der Waals surface area contributed by atoms with Gasteiger partial charge in [-0.1, -0.05) is 0 Å². The third kappa shape index (κ3) is 3.31. The lowest BCUT2D eigenvalue weighted by Gasteiger charge is -2.25. The van der Waals surface area contributed by atoms with Crippen LogP contribution in [-0.2, 0) is 4.74 Å². The molecule has 1 aromatic rings. The topological polar surface area (TPSA) is 32.8 Å². The largest absolute Gasteiger partial charge is 0.379 e. The van der Waals surface area contributed by atoms with Crippen molar-refractivity contribution >= 4 is 11.5 Å². The summed E-state index contributed by atoms with van der Waals surface area (Å²) in [4.78, 5) is 16.3. The Balaban J connectivity index is 1.95. The van der Waals surface area contributed by atoms with Crippen LogP contribution in [0.1, 0.15) is 10.4 Å². The van der Waals surface area contributed by atoms with Gasteiger partial charge in [-0.25, -0.2) is 0 Å². The molecular formula is C14H20N2O2. The number of nitrogens with zero attached hydrogens (tertiary/aromatic N) is 2. The molecule has 1 heterocycles. The minimum Gasteiger partial charge on any atom is -0.379 e. The zero-order chi connectivity index (χ0) is 13.0. The summed E-state index contributed by atoms with van der Waals surface area (Å²) >= 11 is 0. The van der Waals surface area contributed by atoms with Gasteiger partial charge in [0, 0.05) is 38.4 Å². The van der Waals surface area contributed by atoms with Crippen LogP contribution in [-0.4, -0.2) is 57.6 Å². The number of hydrogen-bond donors (Lipinski definition) is 0. The Labute approximate surface area is 108 Å². The summed E-state index contributed by atoms with van der Waals surface area (Å²) in [5.41, 5.74) is 1.89. The van der Waals surface area contributed by atoms with Gasteiger partial charge in [0.25, 0.3) is 0 Å². The van der Waals surface area contributed by atoms with E-state index < -0.39 is 0 Å². The van der Waals surface area contributed by atoms with Crippen molar-refractivity contribution in [2.24, 2.45) is 0 Å². The Morgan fingerprint density at radius 1 is 1.22 bits per heavy atom. The van der Waals surface area contributed by atoms with Gasteiger partial charge in [-0.3, -0.25) is 9.69 Å². The molecule has 0 unspecified atom stereocenters. The third-order valence-corrected chi connectivity index (χ3v) is 3.18. The molecule has 1 fully saturated rings. The molecule has 4 heteroatoms. The fourth-order valence-corrected chi connectivity index (χ4v) is 2.00. The normalized spacial score (nSPS) is 16.6. The van der Waals surface area contributed by atoms with Crippen LogP contribution in [0, 0.1) is 0 Å². The van der Waals surface area contributed by atoms with Gasteiger partial charge in [-0.15, -0.1) is 0 Å². The number of Topliss-reactive ketones (excluding diaryl/α,β-unsaturated/α-hetero) is 1. The van der Waals surface area contributed by atoms with E-state index in [0.29, 0.717) is 6.54 Å². The average molecular weight is 248 g/mol. The van der Waals surface area contributed by atoms with Crippen LogP contribution in [0.25, 0.3) is 0 Å². The van der Waals surface area contributed by atoms with Gasteiger partial charge in [0.05, 0.1) is 19.8 Å². The molecule has 1 saturated heterocycles. The Morgan fingerprint density at radius 2 is 1.83 bits per heavy atom. The number of carbonyl (C=O) groups excluding carboxylic acids is 1. The zero-order valence-electron chi connectivity index (χ0n) is 11.1. The van der Waals surface area contributed by atoms with Crippen LogP contribution in [0.15, 0.2) is 24.3 Å². The number of rotatable bonds is 4. The SMILES string of the molecule is CN(C)c1ccc(C(=O)CN2CCOCC2)cc1. The molecule has 0 amide bonds. The van der Waals surface area contributed by atoms with Crippen LogP contribution in [0.2, 0.25) is 0 Å². The van der Waals surface area contributed by atoms with Crippen molar-refractivity contribution < 1.29 is 9.53 Å². The van der Waals surface area contributed by atoms with E-state index in [0.717, 1.165) is 37.6 Å². The number of ketones is 1. The lowest BCUT2D eigenvalue weighted by atomic mass is 10.1. The maximum atomic E-state index is 12.1. The van der Waals surface area contributed by atoms with E-state index in [4.69, 9.17) is 4.74 Å². The first kappa shape index (κ1) is 13.1. The van der Waals surface area contributed by atoms with Crippen LogP contribution in [0.3, 0.4) is 0 Å². The van der Waals surface area contributed by atoms with Crippen molar-refractivity contribution in [1.82, 2.24) is 4.90 Å². The van der Waals surface area contributed by atoms with Crippen molar-refractivity contribution in [1.29, 1.82) is 0 Å². The molecule has 0 spiro atoms. The van der Waals surface area contributed by atoms with Gasteiger partial charge in [-0.2, -0.15) is 0 Å². The van der Waals surface area contributed by atoms with Gasteiger partial charge >= 0.3 is 0 Å². The highest BCUT2D eigenvalue weighted by atomic mass is 16.5. The van der Waals surface area contributed by atoms with Gasteiger partial charge in [-0.05, 0) is 24.3 Å². The van der Waals surface area contributed by atoms with Crippen LogP contribution < -0.4 is 4.90 Å². The molecule has 0 radical (unpaired) electrons. The zero-order valence-corrected chi connectivity index (χ0v) is 11.1. The van der Waals surface area contributed by atoms with Gasteiger partial charge in [0.1, 0.15) is 0 Å². The second-order valence-electron chi connectivity index (χ2n) is 4.75. The lowest BCUT2D eigenvalue weighted by molar-refractivity contribution is 0.0371. The highest BCUT2D eigenvalue weighted by Crippen LogP contribution is 2.13. The number of ether oxygens (including phenoxy) is 1. The Kier molecular flexibility index (Phi) is 4.33. The van der Waals surface area contributed by atoms with Crippen LogP contribution in [0.5, 0.6) is 0 Å². The van der Waals surface area contributed by atoms with E-state index in [1.165, 1.54) is 0 Å². The summed E-state index contributed by atoms with van der Waals surface area (Å²) in [5.74, 6) is 0.183. The molecule has 0 atom stereocenters. The van der Waals surface area contributed by atoms with Crippen molar-refractivity contribution in [2.45, 2.75) is 0 Å². The second kappa shape index (κ2) is 5.98. The standard InChI is InChI=1S/C14H20N2O2/c1-15(2)13-5-3-12(4-6-13)14(17)11-16-7-9-18-10-8-16/h3-6H,7-11H2,1-2H3. The van der Waals surface area contributed by atoms with Gasteiger partial charge in [0.15, 0.2) is 5.78 Å². The fraction of sp³-hybridized carbons (Fsp3) is 0.500. The number of morpholine rings is 1. The predicted molar refractivity (Wildman–Crippen MR) is 72.4 cm³/mol. The minimum absolute atomic E-state index is 0.183. The fourth-order valence-electron chi connectivity index (χ4n) is 2.00. The van der Waals surface area contributed by atoms with E-state index >= 15 is 0 Å². The van der Waals surface area contributed by atoms with Crippen LogP contribution >= 0.6 is 0 Å². The predicted octanol–water partition coefficient (Wildman–Crippen LogP) is 1.27. The van der Waals surface area contributed by atoms with Crippen molar-refractivity contribution in [3.8, 4) is 0 Å². The maximum absolute atomic E-state index is 12.1. The van der Waals surface area contributed by atoms with Gasteiger partial charge < -0.3 is 9.64 Å². The summed E-state index contributed by atoms with van der Waals surface area (Å²) in [6.45, 7) is 3.65. The quantitative estimate of drug-likeness (QED) is 0.751. The summed E-state index contributed by atoms with van der Waals surface area (Å²) < 4.78 is 5.27. The summed E-state index contributed by atoms with van der Waals surface area (Å²) in [6.07, 6.45) is 0. The first-order valence-corrected chi connectivity index (χ1v) is 6.27. The first-order valence-electron chi connectivity index (χ1n) is 6.27. The highest BCUT2D eigenvalue weighted by Gasteiger charge is 2.15.